The third kappa shape index (κ3) is 4.11. The number of amides is 2. The molecule has 2 aliphatic rings. The SMILES string of the molecule is CCCCOC(=O)C1(NC(=O)N2CCCC2)CCCCC1. The van der Waals surface area contributed by atoms with Crippen molar-refractivity contribution >= 4 is 12.0 Å². The lowest BCUT2D eigenvalue weighted by atomic mass is 9.81. The van der Waals surface area contributed by atoms with Crippen molar-refractivity contribution in [2.45, 2.75) is 70.3 Å². The maximum atomic E-state index is 12.5. The Balaban J connectivity index is 1.98. The molecule has 2 fully saturated rings. The highest BCUT2D eigenvalue weighted by Gasteiger charge is 2.43. The zero-order chi connectivity index (χ0) is 15.1. The Bertz CT molecular complexity index is 359. The Labute approximate surface area is 127 Å². The Hall–Kier alpha value is -1.26. The molecule has 0 spiro atoms. The van der Waals surface area contributed by atoms with Gasteiger partial charge < -0.3 is 15.0 Å². The molecule has 0 unspecified atom stereocenters. The molecule has 1 saturated heterocycles. The summed E-state index contributed by atoms with van der Waals surface area (Å²) in [6.45, 7) is 4.12. The Morgan fingerprint density at radius 2 is 1.76 bits per heavy atom. The van der Waals surface area contributed by atoms with Gasteiger partial charge in [0.25, 0.3) is 0 Å². The summed E-state index contributed by atoms with van der Waals surface area (Å²) in [7, 11) is 0. The first kappa shape index (κ1) is 16.1. The molecule has 120 valence electrons. The largest absolute Gasteiger partial charge is 0.464 e. The molecule has 1 N–H and O–H groups in total. The van der Waals surface area contributed by atoms with E-state index in [1.807, 2.05) is 4.90 Å². The van der Waals surface area contributed by atoms with Crippen LogP contribution < -0.4 is 5.32 Å². The molecular weight excluding hydrogens is 268 g/mol. The standard InChI is InChI=1S/C16H28N2O3/c1-2-3-13-21-14(19)16(9-5-4-6-10-16)17-15(20)18-11-7-8-12-18/h2-13H2,1H3,(H,17,20). The second-order valence-electron chi connectivity index (χ2n) is 6.26. The van der Waals surface area contributed by atoms with E-state index in [1.165, 1.54) is 0 Å². The summed E-state index contributed by atoms with van der Waals surface area (Å²) in [4.78, 5) is 26.7. The van der Waals surface area contributed by atoms with E-state index in [2.05, 4.69) is 12.2 Å². The van der Waals surface area contributed by atoms with Crippen molar-refractivity contribution in [1.82, 2.24) is 10.2 Å². The van der Waals surface area contributed by atoms with Crippen molar-refractivity contribution in [2.24, 2.45) is 0 Å². The van der Waals surface area contributed by atoms with Gasteiger partial charge >= 0.3 is 12.0 Å². The molecule has 0 aromatic heterocycles. The lowest BCUT2D eigenvalue weighted by Gasteiger charge is -2.36. The molecule has 1 aliphatic carbocycles. The number of urea groups is 1. The average molecular weight is 296 g/mol. The number of unbranched alkanes of at least 4 members (excludes halogenated alkanes) is 1. The van der Waals surface area contributed by atoms with Gasteiger partial charge in [-0.05, 0) is 32.1 Å². The maximum Gasteiger partial charge on any atom is 0.331 e. The van der Waals surface area contributed by atoms with Crippen molar-refractivity contribution in [3.63, 3.8) is 0 Å². The Morgan fingerprint density at radius 1 is 1.10 bits per heavy atom. The van der Waals surface area contributed by atoms with Crippen molar-refractivity contribution in [3.05, 3.63) is 0 Å². The van der Waals surface area contributed by atoms with Crippen molar-refractivity contribution < 1.29 is 14.3 Å². The molecule has 1 heterocycles. The molecule has 0 aromatic carbocycles. The zero-order valence-corrected chi connectivity index (χ0v) is 13.2. The van der Waals surface area contributed by atoms with Crippen molar-refractivity contribution in [1.29, 1.82) is 0 Å². The van der Waals surface area contributed by atoms with Crippen LogP contribution in [0.25, 0.3) is 0 Å². The number of esters is 1. The van der Waals surface area contributed by atoms with Gasteiger partial charge in [-0.25, -0.2) is 9.59 Å². The monoisotopic (exact) mass is 296 g/mol. The highest BCUT2D eigenvalue weighted by atomic mass is 16.5. The minimum Gasteiger partial charge on any atom is -0.464 e. The smallest absolute Gasteiger partial charge is 0.331 e. The van der Waals surface area contributed by atoms with Crippen molar-refractivity contribution in [3.8, 4) is 0 Å². The number of carbonyl (C=O) groups excluding carboxylic acids is 2. The minimum atomic E-state index is -0.786. The van der Waals surface area contributed by atoms with E-state index in [4.69, 9.17) is 4.74 Å². The number of hydrogen-bond donors (Lipinski definition) is 1. The predicted octanol–water partition coefficient (Wildman–Crippen LogP) is 2.84. The maximum absolute atomic E-state index is 12.5. The lowest BCUT2D eigenvalue weighted by Crippen LogP contribution is -2.59. The van der Waals surface area contributed by atoms with Crippen LogP contribution in [0.1, 0.15) is 64.7 Å². The summed E-state index contributed by atoms with van der Waals surface area (Å²) in [5, 5.41) is 3.01. The molecule has 21 heavy (non-hydrogen) atoms. The third-order valence-electron chi connectivity index (χ3n) is 4.57. The van der Waals surface area contributed by atoms with Crippen molar-refractivity contribution in [2.75, 3.05) is 19.7 Å². The molecule has 0 bridgehead atoms. The van der Waals surface area contributed by atoms with E-state index in [1.54, 1.807) is 0 Å². The highest BCUT2D eigenvalue weighted by Crippen LogP contribution is 2.30. The summed E-state index contributed by atoms with van der Waals surface area (Å²) in [6, 6.07) is -0.0955. The number of carbonyl (C=O) groups is 2. The van der Waals surface area contributed by atoms with Crippen LogP contribution in [0, 0.1) is 0 Å². The molecular formula is C16H28N2O3. The van der Waals surface area contributed by atoms with Gasteiger partial charge in [0.05, 0.1) is 6.61 Å². The predicted molar refractivity (Wildman–Crippen MR) is 81.0 cm³/mol. The highest BCUT2D eigenvalue weighted by molar-refractivity contribution is 5.87. The molecule has 0 aromatic rings. The van der Waals surface area contributed by atoms with Gasteiger partial charge in [0.2, 0.25) is 0 Å². The normalized spacial score (nSPS) is 21.1. The number of rotatable bonds is 5. The van der Waals surface area contributed by atoms with Gasteiger partial charge in [0.15, 0.2) is 0 Å². The Morgan fingerprint density at radius 3 is 2.38 bits per heavy atom. The van der Waals surface area contributed by atoms with Crippen LogP contribution in [0.4, 0.5) is 4.79 Å². The van der Waals surface area contributed by atoms with Crippen LogP contribution >= 0.6 is 0 Å². The number of hydrogen-bond acceptors (Lipinski definition) is 3. The fourth-order valence-electron chi connectivity index (χ4n) is 3.19. The number of nitrogens with one attached hydrogen (secondary N) is 1. The first-order valence-corrected chi connectivity index (χ1v) is 8.42. The zero-order valence-electron chi connectivity index (χ0n) is 13.2. The molecule has 1 aliphatic heterocycles. The molecule has 1 saturated carbocycles. The van der Waals surface area contributed by atoms with Crippen LogP contribution in [0.5, 0.6) is 0 Å². The second-order valence-corrected chi connectivity index (χ2v) is 6.26. The molecule has 2 rings (SSSR count). The number of ether oxygens (including phenoxy) is 1. The van der Waals surface area contributed by atoms with Gasteiger partial charge in [0, 0.05) is 13.1 Å². The van der Waals surface area contributed by atoms with E-state index < -0.39 is 5.54 Å². The van der Waals surface area contributed by atoms with E-state index in [9.17, 15) is 9.59 Å². The van der Waals surface area contributed by atoms with E-state index in [0.717, 1.165) is 58.0 Å². The topological polar surface area (TPSA) is 58.6 Å². The lowest BCUT2D eigenvalue weighted by molar-refractivity contribution is -0.153. The summed E-state index contributed by atoms with van der Waals surface area (Å²) < 4.78 is 5.42. The fraction of sp³-hybridized carbons (Fsp3) is 0.875. The molecule has 5 heteroatoms. The fourth-order valence-corrected chi connectivity index (χ4v) is 3.19. The third-order valence-corrected chi connectivity index (χ3v) is 4.57. The minimum absolute atomic E-state index is 0.0955. The number of likely N-dealkylation sites (tertiary alicyclic amines) is 1. The molecule has 0 radical (unpaired) electrons. The average Bonchev–Trinajstić information content (AvgIpc) is 3.02. The summed E-state index contributed by atoms with van der Waals surface area (Å²) in [5.41, 5.74) is -0.786. The Kier molecular flexibility index (Phi) is 5.88. The van der Waals surface area contributed by atoms with E-state index in [0.29, 0.717) is 19.4 Å². The first-order chi connectivity index (χ1) is 10.2. The van der Waals surface area contributed by atoms with E-state index >= 15 is 0 Å². The van der Waals surface area contributed by atoms with Crippen LogP contribution in [0.2, 0.25) is 0 Å². The quantitative estimate of drug-likeness (QED) is 0.627. The van der Waals surface area contributed by atoms with Crippen LogP contribution in [-0.2, 0) is 9.53 Å². The van der Waals surface area contributed by atoms with Gasteiger partial charge in [-0.1, -0.05) is 32.6 Å². The van der Waals surface area contributed by atoms with Gasteiger partial charge in [-0.15, -0.1) is 0 Å². The van der Waals surface area contributed by atoms with Gasteiger partial charge in [-0.2, -0.15) is 0 Å². The molecule has 5 nitrogen and oxygen atoms in total. The van der Waals surface area contributed by atoms with Gasteiger partial charge in [-0.3, -0.25) is 0 Å². The molecule has 0 atom stereocenters. The second kappa shape index (κ2) is 7.66. The van der Waals surface area contributed by atoms with Crippen LogP contribution in [0.3, 0.4) is 0 Å². The first-order valence-electron chi connectivity index (χ1n) is 8.42. The summed E-state index contributed by atoms with van der Waals surface area (Å²) in [5.74, 6) is -0.233. The van der Waals surface area contributed by atoms with Crippen LogP contribution in [-0.4, -0.2) is 42.1 Å². The van der Waals surface area contributed by atoms with E-state index in [-0.39, 0.29) is 12.0 Å². The van der Waals surface area contributed by atoms with Crippen LogP contribution in [0.15, 0.2) is 0 Å². The number of nitrogens with zero attached hydrogens (tertiary/aromatic N) is 1. The summed E-state index contributed by atoms with van der Waals surface area (Å²) in [6.07, 6.45) is 8.48. The van der Waals surface area contributed by atoms with Gasteiger partial charge in [0.1, 0.15) is 5.54 Å². The summed E-state index contributed by atoms with van der Waals surface area (Å²) >= 11 is 0. The molecule has 2 amide bonds.